The third-order valence-electron chi connectivity index (χ3n) is 6.64. The molecule has 0 radical (unpaired) electrons. The normalized spacial score (nSPS) is 23.2. The van der Waals surface area contributed by atoms with E-state index in [0.717, 1.165) is 37.2 Å². The predicted octanol–water partition coefficient (Wildman–Crippen LogP) is 2.54. The summed E-state index contributed by atoms with van der Waals surface area (Å²) in [6.07, 6.45) is 5.51. The zero-order chi connectivity index (χ0) is 19.8. The van der Waals surface area contributed by atoms with E-state index in [1.807, 2.05) is 42.6 Å². The molecule has 3 heterocycles. The topological polar surface area (TPSA) is 65.8 Å². The number of carboxylic acid groups (broad SMARTS) is 1. The van der Waals surface area contributed by atoms with Crippen LogP contribution in [0.4, 0.5) is 0 Å². The summed E-state index contributed by atoms with van der Waals surface area (Å²) in [5.41, 5.74) is 2.77. The molecule has 6 heteroatoms. The van der Waals surface area contributed by atoms with Crippen LogP contribution in [0.1, 0.15) is 42.7 Å². The number of aryl methyl sites for hydroxylation is 1. The highest BCUT2D eigenvalue weighted by Gasteiger charge is 2.51. The van der Waals surface area contributed by atoms with Gasteiger partial charge in [-0.15, -0.1) is 0 Å². The first-order chi connectivity index (χ1) is 12.8. The lowest BCUT2D eigenvalue weighted by molar-refractivity contribution is -0.145. The van der Waals surface area contributed by atoms with Crippen molar-refractivity contribution in [1.82, 2.24) is 14.4 Å². The Kier molecular flexibility index (Phi) is 5.47. The van der Waals surface area contributed by atoms with E-state index in [2.05, 4.69) is 17.9 Å². The molecule has 6 nitrogen and oxygen atoms in total. The number of carbonyl (C=O) groups excluding carboxylic acids is 1. The third kappa shape index (κ3) is 3.68. The summed E-state index contributed by atoms with van der Waals surface area (Å²) >= 11 is 0. The Morgan fingerprint density at radius 3 is 2.52 bits per heavy atom. The molecule has 1 aromatic rings. The van der Waals surface area contributed by atoms with Gasteiger partial charge in [0.1, 0.15) is 0 Å². The van der Waals surface area contributed by atoms with E-state index >= 15 is 0 Å². The summed E-state index contributed by atoms with van der Waals surface area (Å²) in [6, 6.07) is 1.87. The minimum atomic E-state index is -0.700. The highest BCUT2D eigenvalue weighted by Crippen LogP contribution is 2.45. The van der Waals surface area contributed by atoms with Gasteiger partial charge in [-0.05, 0) is 39.7 Å². The van der Waals surface area contributed by atoms with Crippen LogP contribution in [0, 0.1) is 18.3 Å². The number of rotatable bonds is 4. The van der Waals surface area contributed by atoms with Gasteiger partial charge >= 0.3 is 5.97 Å². The minimum absolute atomic E-state index is 0.0643. The van der Waals surface area contributed by atoms with E-state index in [-0.39, 0.29) is 17.2 Å². The van der Waals surface area contributed by atoms with Crippen LogP contribution in [-0.4, -0.2) is 64.1 Å². The van der Waals surface area contributed by atoms with Gasteiger partial charge in [0.2, 0.25) is 0 Å². The average Bonchev–Trinajstić information content (AvgIpc) is 3.16. The van der Waals surface area contributed by atoms with Crippen molar-refractivity contribution in [1.29, 1.82) is 0 Å². The molecule has 0 aliphatic carbocycles. The fourth-order valence-corrected chi connectivity index (χ4v) is 4.64. The maximum Gasteiger partial charge on any atom is 0.308 e. The summed E-state index contributed by atoms with van der Waals surface area (Å²) < 4.78 is 1.96. The summed E-state index contributed by atoms with van der Waals surface area (Å²) in [4.78, 5) is 29.0. The number of amides is 1. The van der Waals surface area contributed by atoms with Crippen LogP contribution in [0.15, 0.2) is 23.9 Å². The van der Waals surface area contributed by atoms with Crippen molar-refractivity contribution < 1.29 is 14.7 Å². The number of aliphatic carboxylic acids is 1. The molecule has 1 atom stereocenters. The second-order valence-electron chi connectivity index (χ2n) is 8.28. The van der Waals surface area contributed by atoms with Crippen molar-refractivity contribution in [2.45, 2.75) is 33.6 Å². The summed E-state index contributed by atoms with van der Waals surface area (Å²) in [7, 11) is 1.94. The van der Waals surface area contributed by atoms with E-state index in [0.29, 0.717) is 19.6 Å². The molecule has 1 amide bonds. The summed E-state index contributed by atoms with van der Waals surface area (Å²) in [5, 5.41) is 9.81. The Bertz CT molecular complexity index is 757. The number of piperidine rings is 1. The summed E-state index contributed by atoms with van der Waals surface area (Å²) in [6.45, 7) is 9.57. The Morgan fingerprint density at radius 2 is 2.00 bits per heavy atom. The average molecular weight is 373 g/mol. The Hall–Kier alpha value is -2.08. The van der Waals surface area contributed by atoms with Crippen LogP contribution in [0.2, 0.25) is 0 Å². The molecular formula is C21H31N3O3. The number of carbonyl (C=O) groups is 2. The third-order valence-corrected chi connectivity index (χ3v) is 6.64. The lowest BCUT2D eigenvalue weighted by Crippen LogP contribution is -2.48. The largest absolute Gasteiger partial charge is 0.481 e. The zero-order valence-corrected chi connectivity index (χ0v) is 16.9. The van der Waals surface area contributed by atoms with E-state index < -0.39 is 5.97 Å². The number of hydrogen-bond acceptors (Lipinski definition) is 3. The van der Waals surface area contributed by atoms with Gasteiger partial charge < -0.3 is 14.6 Å². The van der Waals surface area contributed by atoms with Crippen molar-refractivity contribution in [2.24, 2.45) is 18.4 Å². The number of likely N-dealkylation sites (tertiary alicyclic amines) is 2. The molecule has 2 fully saturated rings. The monoisotopic (exact) mass is 373 g/mol. The van der Waals surface area contributed by atoms with Gasteiger partial charge in [0, 0.05) is 57.1 Å². The lowest BCUT2D eigenvalue weighted by atomic mass is 9.71. The Labute approximate surface area is 161 Å². The standard InChI is InChI=1S/C21H31N3O3/c1-5-15(2)12-23-13-18(20(26)27)21(14-23)7-10-24(11-8-21)19(25)17-6-9-22(4)16(17)3/h5-6,9,18H,7-8,10-14H2,1-4H3,(H,26,27)/b15-5+. The zero-order valence-electron chi connectivity index (χ0n) is 16.9. The van der Waals surface area contributed by atoms with Gasteiger partial charge in [-0.3, -0.25) is 14.5 Å². The molecule has 0 aromatic carbocycles. The van der Waals surface area contributed by atoms with Crippen LogP contribution >= 0.6 is 0 Å². The van der Waals surface area contributed by atoms with Gasteiger partial charge in [-0.25, -0.2) is 0 Å². The molecule has 148 valence electrons. The number of allylic oxidation sites excluding steroid dienone is 1. The second kappa shape index (κ2) is 7.50. The maximum absolute atomic E-state index is 12.9. The van der Waals surface area contributed by atoms with E-state index in [4.69, 9.17) is 0 Å². The smallest absolute Gasteiger partial charge is 0.308 e. The second-order valence-corrected chi connectivity index (χ2v) is 8.28. The Morgan fingerprint density at radius 1 is 1.33 bits per heavy atom. The van der Waals surface area contributed by atoms with Crippen molar-refractivity contribution in [3.8, 4) is 0 Å². The van der Waals surface area contributed by atoms with Crippen molar-refractivity contribution in [2.75, 3.05) is 32.7 Å². The fraction of sp³-hybridized carbons (Fsp3) is 0.619. The first kappa shape index (κ1) is 19.7. The van der Waals surface area contributed by atoms with Crippen LogP contribution in [-0.2, 0) is 11.8 Å². The molecule has 2 saturated heterocycles. The van der Waals surface area contributed by atoms with Crippen LogP contribution < -0.4 is 0 Å². The molecule has 1 unspecified atom stereocenters. The van der Waals surface area contributed by atoms with Crippen molar-refractivity contribution in [3.63, 3.8) is 0 Å². The van der Waals surface area contributed by atoms with Crippen LogP contribution in [0.25, 0.3) is 0 Å². The first-order valence-corrected chi connectivity index (χ1v) is 9.75. The Balaban J connectivity index is 1.71. The van der Waals surface area contributed by atoms with Crippen molar-refractivity contribution in [3.05, 3.63) is 35.2 Å². The molecule has 2 aliphatic rings. The quantitative estimate of drug-likeness (QED) is 0.824. The SMILES string of the molecule is C/C=C(\C)CN1CC(C(=O)O)C2(CCN(C(=O)c3ccn(C)c3C)CC2)C1. The molecule has 3 rings (SSSR count). The number of nitrogens with zero attached hydrogens (tertiary/aromatic N) is 3. The van der Waals surface area contributed by atoms with E-state index in [1.165, 1.54) is 5.57 Å². The minimum Gasteiger partial charge on any atom is -0.481 e. The maximum atomic E-state index is 12.9. The van der Waals surface area contributed by atoms with Gasteiger partial charge in [0.15, 0.2) is 0 Å². The number of hydrogen-bond donors (Lipinski definition) is 1. The molecule has 1 aromatic heterocycles. The van der Waals surface area contributed by atoms with Gasteiger partial charge in [0.05, 0.1) is 11.5 Å². The van der Waals surface area contributed by atoms with Crippen molar-refractivity contribution >= 4 is 11.9 Å². The molecule has 1 spiro atoms. The fourth-order valence-electron chi connectivity index (χ4n) is 4.64. The number of aromatic nitrogens is 1. The first-order valence-electron chi connectivity index (χ1n) is 9.75. The molecule has 2 aliphatic heterocycles. The van der Waals surface area contributed by atoms with Gasteiger partial charge in [-0.2, -0.15) is 0 Å². The lowest BCUT2D eigenvalue weighted by Gasteiger charge is -2.41. The highest BCUT2D eigenvalue weighted by molar-refractivity contribution is 5.95. The molecule has 0 saturated carbocycles. The number of carboxylic acids is 1. The van der Waals surface area contributed by atoms with E-state index in [1.54, 1.807) is 0 Å². The molecule has 27 heavy (non-hydrogen) atoms. The molecular weight excluding hydrogens is 342 g/mol. The van der Waals surface area contributed by atoms with Crippen LogP contribution in [0.5, 0.6) is 0 Å². The van der Waals surface area contributed by atoms with Crippen LogP contribution in [0.3, 0.4) is 0 Å². The summed E-state index contributed by atoms with van der Waals surface area (Å²) in [5.74, 6) is -0.985. The molecule has 1 N–H and O–H groups in total. The predicted molar refractivity (Wildman–Crippen MR) is 105 cm³/mol. The van der Waals surface area contributed by atoms with Gasteiger partial charge in [0.25, 0.3) is 5.91 Å². The van der Waals surface area contributed by atoms with E-state index in [9.17, 15) is 14.7 Å². The molecule has 0 bridgehead atoms. The van der Waals surface area contributed by atoms with Gasteiger partial charge in [-0.1, -0.05) is 11.6 Å². The highest BCUT2D eigenvalue weighted by atomic mass is 16.4.